The molecule has 2 rings (SSSR count). The van der Waals surface area contributed by atoms with Crippen molar-refractivity contribution in [1.82, 2.24) is 15.5 Å². The molecule has 0 radical (unpaired) electrons. The summed E-state index contributed by atoms with van der Waals surface area (Å²) < 4.78 is 0. The first kappa shape index (κ1) is 15.2. The number of carbonyl (C=O) groups excluding carboxylic acids is 1. The molecule has 2 heterocycles. The minimum Gasteiger partial charge on any atom is -0.481 e. The van der Waals surface area contributed by atoms with E-state index in [1.54, 1.807) is 12.1 Å². The van der Waals surface area contributed by atoms with Gasteiger partial charge in [-0.15, -0.1) is 10.2 Å². The van der Waals surface area contributed by atoms with Gasteiger partial charge in [0.15, 0.2) is 11.5 Å². The van der Waals surface area contributed by atoms with Crippen molar-refractivity contribution in [1.29, 1.82) is 0 Å². The molecular formula is C14H20N4O3. The van der Waals surface area contributed by atoms with Gasteiger partial charge in [0.2, 0.25) is 0 Å². The third kappa shape index (κ3) is 4.14. The normalized spacial score (nSPS) is 15.8. The lowest BCUT2D eigenvalue weighted by Gasteiger charge is -2.31. The zero-order valence-corrected chi connectivity index (χ0v) is 12.1. The monoisotopic (exact) mass is 292 g/mol. The first-order chi connectivity index (χ1) is 10.1. The van der Waals surface area contributed by atoms with Gasteiger partial charge in [0, 0.05) is 26.1 Å². The molecule has 2 N–H and O–H groups in total. The molecule has 21 heavy (non-hydrogen) atoms. The second-order valence-electron chi connectivity index (χ2n) is 5.16. The highest BCUT2D eigenvalue weighted by atomic mass is 16.4. The van der Waals surface area contributed by atoms with Crippen LogP contribution in [0, 0.1) is 5.92 Å². The van der Waals surface area contributed by atoms with Crippen molar-refractivity contribution in [3.05, 3.63) is 17.8 Å². The third-order valence-corrected chi connectivity index (χ3v) is 3.62. The summed E-state index contributed by atoms with van der Waals surface area (Å²) in [7, 11) is 0. The number of carboxylic acid groups (broad SMARTS) is 1. The zero-order valence-electron chi connectivity index (χ0n) is 12.1. The van der Waals surface area contributed by atoms with E-state index in [4.69, 9.17) is 5.11 Å². The van der Waals surface area contributed by atoms with Gasteiger partial charge in [0.05, 0.1) is 0 Å². The van der Waals surface area contributed by atoms with Crippen molar-refractivity contribution in [3.63, 3.8) is 0 Å². The van der Waals surface area contributed by atoms with Crippen molar-refractivity contribution in [3.8, 4) is 0 Å². The van der Waals surface area contributed by atoms with Gasteiger partial charge in [0.25, 0.3) is 5.91 Å². The topological polar surface area (TPSA) is 95.4 Å². The van der Waals surface area contributed by atoms with Gasteiger partial charge in [-0.3, -0.25) is 9.59 Å². The fraction of sp³-hybridized carbons (Fsp3) is 0.571. The molecular weight excluding hydrogens is 272 g/mol. The maximum absolute atomic E-state index is 11.6. The van der Waals surface area contributed by atoms with Crippen LogP contribution < -0.4 is 10.2 Å². The molecule has 1 aromatic heterocycles. The number of amides is 1. The molecule has 0 atom stereocenters. The Hall–Kier alpha value is -2.18. The molecule has 1 saturated heterocycles. The molecule has 1 aromatic rings. The summed E-state index contributed by atoms with van der Waals surface area (Å²) in [5.41, 5.74) is 0.307. The van der Waals surface area contributed by atoms with Crippen LogP contribution in [0.15, 0.2) is 12.1 Å². The number of rotatable bonds is 5. The van der Waals surface area contributed by atoms with E-state index < -0.39 is 5.97 Å². The summed E-state index contributed by atoms with van der Waals surface area (Å²) in [6, 6.07) is 3.45. The maximum atomic E-state index is 11.6. The number of carboxylic acids is 1. The van der Waals surface area contributed by atoms with Crippen molar-refractivity contribution in [2.75, 3.05) is 24.5 Å². The van der Waals surface area contributed by atoms with Crippen LogP contribution >= 0.6 is 0 Å². The van der Waals surface area contributed by atoms with Gasteiger partial charge in [-0.2, -0.15) is 0 Å². The SMILES string of the molecule is CCNC(=O)c1ccc(N2CCC(CC(=O)O)CC2)nn1. The van der Waals surface area contributed by atoms with Gasteiger partial charge in [0.1, 0.15) is 0 Å². The van der Waals surface area contributed by atoms with Crippen LogP contribution in [0.3, 0.4) is 0 Å². The Morgan fingerprint density at radius 1 is 1.33 bits per heavy atom. The lowest BCUT2D eigenvalue weighted by molar-refractivity contribution is -0.138. The van der Waals surface area contributed by atoms with Gasteiger partial charge in [-0.1, -0.05) is 0 Å². The lowest BCUT2D eigenvalue weighted by atomic mass is 9.94. The zero-order chi connectivity index (χ0) is 15.2. The van der Waals surface area contributed by atoms with Gasteiger partial charge in [-0.05, 0) is 37.8 Å². The second-order valence-corrected chi connectivity index (χ2v) is 5.16. The number of nitrogens with one attached hydrogen (secondary N) is 1. The Kier molecular flexibility index (Phi) is 5.08. The van der Waals surface area contributed by atoms with Crippen LogP contribution in [-0.2, 0) is 4.79 Å². The van der Waals surface area contributed by atoms with Crippen molar-refractivity contribution >= 4 is 17.7 Å². The van der Waals surface area contributed by atoms with E-state index in [9.17, 15) is 9.59 Å². The Bertz CT molecular complexity index is 495. The Morgan fingerprint density at radius 2 is 2.05 bits per heavy atom. The average molecular weight is 292 g/mol. The van der Waals surface area contributed by atoms with Crippen LogP contribution in [0.4, 0.5) is 5.82 Å². The predicted octanol–water partition coefficient (Wildman–Crippen LogP) is 0.917. The molecule has 1 amide bonds. The predicted molar refractivity (Wildman–Crippen MR) is 77.2 cm³/mol. The van der Waals surface area contributed by atoms with Crippen LogP contribution in [0.2, 0.25) is 0 Å². The van der Waals surface area contributed by atoms with Gasteiger partial charge >= 0.3 is 5.97 Å². The van der Waals surface area contributed by atoms with Crippen molar-refractivity contribution in [2.24, 2.45) is 5.92 Å². The molecule has 1 fully saturated rings. The summed E-state index contributed by atoms with van der Waals surface area (Å²) in [6.07, 6.45) is 1.91. The molecule has 0 spiro atoms. The first-order valence-electron chi connectivity index (χ1n) is 7.18. The van der Waals surface area contributed by atoms with Crippen LogP contribution in [-0.4, -0.2) is 46.8 Å². The number of hydrogen-bond acceptors (Lipinski definition) is 5. The molecule has 0 saturated carbocycles. The van der Waals surface area contributed by atoms with E-state index in [0.717, 1.165) is 31.7 Å². The van der Waals surface area contributed by atoms with Crippen molar-refractivity contribution < 1.29 is 14.7 Å². The van der Waals surface area contributed by atoms with E-state index in [-0.39, 0.29) is 18.2 Å². The molecule has 1 aliphatic heterocycles. The highest BCUT2D eigenvalue weighted by Gasteiger charge is 2.22. The van der Waals surface area contributed by atoms with E-state index in [1.165, 1.54) is 0 Å². The molecule has 0 aliphatic carbocycles. The number of nitrogens with zero attached hydrogens (tertiary/aromatic N) is 3. The standard InChI is InChI=1S/C14H20N4O3/c1-2-15-14(21)11-3-4-12(17-16-11)18-7-5-10(6-8-18)9-13(19)20/h3-4,10H,2,5-9H2,1H3,(H,15,21)(H,19,20). The summed E-state index contributed by atoms with van der Waals surface area (Å²) in [4.78, 5) is 24.4. The fourth-order valence-electron chi connectivity index (χ4n) is 2.48. The van der Waals surface area contributed by atoms with Crippen LogP contribution in [0.1, 0.15) is 36.7 Å². The van der Waals surface area contributed by atoms with E-state index in [2.05, 4.69) is 20.4 Å². The molecule has 0 aromatic carbocycles. The fourth-order valence-corrected chi connectivity index (χ4v) is 2.48. The van der Waals surface area contributed by atoms with Crippen LogP contribution in [0.5, 0.6) is 0 Å². The maximum Gasteiger partial charge on any atom is 0.303 e. The third-order valence-electron chi connectivity index (χ3n) is 3.62. The molecule has 114 valence electrons. The van der Waals surface area contributed by atoms with E-state index >= 15 is 0 Å². The van der Waals surface area contributed by atoms with Gasteiger partial charge in [-0.25, -0.2) is 0 Å². The van der Waals surface area contributed by atoms with Crippen molar-refractivity contribution in [2.45, 2.75) is 26.2 Å². The quantitative estimate of drug-likeness (QED) is 0.838. The molecule has 0 unspecified atom stereocenters. The Labute approximate surface area is 123 Å². The minimum atomic E-state index is -0.737. The number of hydrogen-bond donors (Lipinski definition) is 2. The number of aromatic nitrogens is 2. The Morgan fingerprint density at radius 3 is 2.57 bits per heavy atom. The minimum absolute atomic E-state index is 0.225. The number of carbonyl (C=O) groups is 2. The number of piperidine rings is 1. The van der Waals surface area contributed by atoms with Gasteiger partial charge < -0.3 is 15.3 Å². The average Bonchev–Trinajstić information content (AvgIpc) is 2.48. The van der Waals surface area contributed by atoms with Crippen LogP contribution in [0.25, 0.3) is 0 Å². The first-order valence-corrected chi connectivity index (χ1v) is 7.18. The largest absolute Gasteiger partial charge is 0.481 e. The highest BCUT2D eigenvalue weighted by molar-refractivity contribution is 5.92. The van der Waals surface area contributed by atoms with E-state index in [0.29, 0.717) is 12.2 Å². The second kappa shape index (κ2) is 7.01. The Balaban J connectivity index is 1.92. The molecule has 1 aliphatic rings. The summed E-state index contributed by atoms with van der Waals surface area (Å²) >= 11 is 0. The summed E-state index contributed by atoms with van der Waals surface area (Å²) in [5, 5.41) is 19.5. The summed E-state index contributed by atoms with van der Waals surface area (Å²) in [5.74, 6) is 0.00869. The molecule has 7 nitrogen and oxygen atoms in total. The summed E-state index contributed by atoms with van der Waals surface area (Å²) in [6.45, 7) is 3.95. The molecule has 0 bridgehead atoms. The smallest absolute Gasteiger partial charge is 0.303 e. The number of aliphatic carboxylic acids is 1. The lowest BCUT2D eigenvalue weighted by Crippen LogP contribution is -2.35. The highest BCUT2D eigenvalue weighted by Crippen LogP contribution is 2.23. The number of anilines is 1. The molecule has 7 heteroatoms. The van der Waals surface area contributed by atoms with E-state index in [1.807, 2.05) is 6.92 Å².